The lowest BCUT2D eigenvalue weighted by Crippen LogP contribution is -2.14. The molecular formula is C19H18BrN3O. The van der Waals surface area contributed by atoms with E-state index in [2.05, 4.69) is 38.7 Å². The van der Waals surface area contributed by atoms with Gasteiger partial charge in [-0.25, -0.2) is 0 Å². The molecule has 2 aromatic carbocycles. The van der Waals surface area contributed by atoms with Gasteiger partial charge in [-0.15, -0.1) is 0 Å². The molecule has 1 amide bonds. The van der Waals surface area contributed by atoms with Crippen molar-refractivity contribution < 1.29 is 4.79 Å². The Labute approximate surface area is 150 Å². The second-order valence-electron chi connectivity index (χ2n) is 5.55. The lowest BCUT2D eigenvalue weighted by Gasteiger charge is -2.11. The zero-order valence-corrected chi connectivity index (χ0v) is 15.4. The van der Waals surface area contributed by atoms with Crippen molar-refractivity contribution in [1.82, 2.24) is 0 Å². The quantitative estimate of drug-likeness (QED) is 0.586. The van der Waals surface area contributed by atoms with E-state index < -0.39 is 5.91 Å². The van der Waals surface area contributed by atoms with Crippen molar-refractivity contribution >= 4 is 33.2 Å². The highest BCUT2D eigenvalue weighted by Gasteiger charge is 2.10. The minimum atomic E-state index is -0.449. The van der Waals surface area contributed by atoms with Gasteiger partial charge in [0, 0.05) is 22.0 Å². The molecule has 5 heteroatoms. The zero-order chi connectivity index (χ0) is 17.7. The number of aryl methyl sites for hydroxylation is 3. The number of hydrogen-bond acceptors (Lipinski definition) is 3. The summed E-state index contributed by atoms with van der Waals surface area (Å²) in [4.78, 5) is 12.2. The van der Waals surface area contributed by atoms with Crippen molar-refractivity contribution in [3.63, 3.8) is 0 Å². The number of carbonyl (C=O) groups is 1. The van der Waals surface area contributed by atoms with Gasteiger partial charge >= 0.3 is 0 Å². The molecule has 0 aliphatic heterocycles. The standard InChI is InChI=1S/C19H18BrN3O/c1-12-8-13(2)18(14(3)9-12)22-11-15(10-21)19(24)23-17-6-4-16(20)5-7-17/h4-9,11,22H,1-3H3,(H,23,24)/b15-11-. The van der Waals surface area contributed by atoms with Crippen LogP contribution in [0.2, 0.25) is 0 Å². The van der Waals surface area contributed by atoms with Gasteiger partial charge in [0.1, 0.15) is 11.6 Å². The van der Waals surface area contributed by atoms with Crippen molar-refractivity contribution in [2.75, 3.05) is 10.6 Å². The molecule has 0 heterocycles. The minimum Gasteiger partial charge on any atom is -0.360 e. The highest BCUT2D eigenvalue weighted by molar-refractivity contribution is 9.10. The number of rotatable bonds is 4. The van der Waals surface area contributed by atoms with Crippen molar-refractivity contribution in [3.05, 3.63) is 69.3 Å². The Morgan fingerprint density at radius 2 is 1.71 bits per heavy atom. The van der Waals surface area contributed by atoms with Gasteiger partial charge in [0.15, 0.2) is 0 Å². The van der Waals surface area contributed by atoms with Gasteiger partial charge in [0.2, 0.25) is 0 Å². The largest absolute Gasteiger partial charge is 0.360 e. The van der Waals surface area contributed by atoms with Gasteiger partial charge in [-0.3, -0.25) is 4.79 Å². The second kappa shape index (κ2) is 7.80. The summed E-state index contributed by atoms with van der Waals surface area (Å²) in [7, 11) is 0. The zero-order valence-electron chi connectivity index (χ0n) is 13.8. The predicted octanol–water partition coefficient (Wildman–Crippen LogP) is 4.83. The fourth-order valence-corrected chi connectivity index (χ4v) is 2.70. The topological polar surface area (TPSA) is 64.9 Å². The Kier molecular flexibility index (Phi) is 5.78. The van der Waals surface area contributed by atoms with Crippen LogP contribution < -0.4 is 10.6 Å². The predicted molar refractivity (Wildman–Crippen MR) is 101 cm³/mol. The molecule has 4 nitrogen and oxygen atoms in total. The molecule has 2 N–H and O–H groups in total. The van der Waals surface area contributed by atoms with E-state index in [1.54, 1.807) is 12.1 Å². The van der Waals surface area contributed by atoms with Crippen LogP contribution in [0.5, 0.6) is 0 Å². The van der Waals surface area contributed by atoms with Gasteiger partial charge < -0.3 is 10.6 Å². The molecule has 24 heavy (non-hydrogen) atoms. The molecule has 2 aromatic rings. The highest BCUT2D eigenvalue weighted by Crippen LogP contribution is 2.22. The number of benzene rings is 2. The number of nitrogens with zero attached hydrogens (tertiary/aromatic N) is 1. The first-order chi connectivity index (χ1) is 11.4. The summed E-state index contributed by atoms with van der Waals surface area (Å²) < 4.78 is 0.920. The maximum absolute atomic E-state index is 12.2. The average Bonchev–Trinajstić information content (AvgIpc) is 2.52. The third-order valence-corrected chi connectivity index (χ3v) is 4.03. The van der Waals surface area contributed by atoms with Crippen LogP contribution >= 0.6 is 15.9 Å². The lowest BCUT2D eigenvalue weighted by atomic mass is 10.1. The number of hydrogen-bond donors (Lipinski definition) is 2. The SMILES string of the molecule is Cc1cc(C)c(N/C=C(/C#N)C(=O)Nc2ccc(Br)cc2)c(C)c1. The van der Waals surface area contributed by atoms with Crippen LogP contribution in [0, 0.1) is 32.1 Å². The van der Waals surface area contributed by atoms with Crippen LogP contribution in [-0.4, -0.2) is 5.91 Å². The van der Waals surface area contributed by atoms with Crippen LogP contribution in [0.4, 0.5) is 11.4 Å². The van der Waals surface area contributed by atoms with Gasteiger partial charge in [0.25, 0.3) is 5.91 Å². The maximum Gasteiger partial charge on any atom is 0.267 e. The van der Waals surface area contributed by atoms with Crippen molar-refractivity contribution in [3.8, 4) is 6.07 Å². The van der Waals surface area contributed by atoms with Crippen LogP contribution in [0.3, 0.4) is 0 Å². The molecule has 2 rings (SSSR count). The Morgan fingerprint density at radius 3 is 2.25 bits per heavy atom. The number of carbonyl (C=O) groups excluding carboxylic acids is 1. The third-order valence-electron chi connectivity index (χ3n) is 3.51. The van der Waals surface area contributed by atoms with E-state index in [0.717, 1.165) is 21.3 Å². The number of nitrogens with one attached hydrogen (secondary N) is 2. The smallest absolute Gasteiger partial charge is 0.267 e. The van der Waals surface area contributed by atoms with E-state index in [1.165, 1.54) is 11.8 Å². The Bertz CT molecular complexity index is 810. The molecular weight excluding hydrogens is 366 g/mol. The van der Waals surface area contributed by atoms with Crippen LogP contribution in [0.25, 0.3) is 0 Å². The summed E-state index contributed by atoms with van der Waals surface area (Å²) in [6.07, 6.45) is 1.44. The average molecular weight is 384 g/mol. The molecule has 0 aliphatic carbocycles. The van der Waals surface area contributed by atoms with Crippen LogP contribution in [0.1, 0.15) is 16.7 Å². The fraction of sp³-hybridized carbons (Fsp3) is 0.158. The first-order valence-electron chi connectivity index (χ1n) is 7.42. The van der Waals surface area contributed by atoms with Crippen LogP contribution in [-0.2, 0) is 4.79 Å². The lowest BCUT2D eigenvalue weighted by molar-refractivity contribution is -0.112. The highest BCUT2D eigenvalue weighted by atomic mass is 79.9. The van der Waals surface area contributed by atoms with Crippen molar-refractivity contribution in [1.29, 1.82) is 5.26 Å². The summed E-state index contributed by atoms with van der Waals surface area (Å²) in [5.41, 5.74) is 4.85. The molecule has 0 atom stereocenters. The molecule has 122 valence electrons. The molecule has 0 aliphatic rings. The van der Waals surface area contributed by atoms with E-state index in [4.69, 9.17) is 0 Å². The van der Waals surface area contributed by atoms with Gasteiger partial charge in [-0.2, -0.15) is 5.26 Å². The summed E-state index contributed by atoms with van der Waals surface area (Å²) in [6, 6.07) is 13.2. The maximum atomic E-state index is 12.2. The minimum absolute atomic E-state index is 0.0114. The number of halogens is 1. The second-order valence-corrected chi connectivity index (χ2v) is 6.46. The molecule has 0 unspecified atom stereocenters. The van der Waals surface area contributed by atoms with Crippen molar-refractivity contribution in [2.45, 2.75) is 20.8 Å². The van der Waals surface area contributed by atoms with Crippen molar-refractivity contribution in [2.24, 2.45) is 0 Å². The van der Waals surface area contributed by atoms with E-state index in [-0.39, 0.29) is 5.57 Å². The molecule has 0 radical (unpaired) electrons. The van der Waals surface area contributed by atoms with Crippen LogP contribution in [0.15, 0.2) is 52.6 Å². The summed E-state index contributed by atoms with van der Waals surface area (Å²) in [5.74, 6) is -0.449. The molecule has 0 saturated heterocycles. The normalized spacial score (nSPS) is 10.9. The Hall–Kier alpha value is -2.58. The van der Waals surface area contributed by atoms with E-state index in [1.807, 2.05) is 39.0 Å². The van der Waals surface area contributed by atoms with E-state index >= 15 is 0 Å². The van der Waals surface area contributed by atoms with Gasteiger partial charge in [-0.1, -0.05) is 33.6 Å². The Balaban J connectivity index is 2.16. The monoisotopic (exact) mass is 383 g/mol. The number of anilines is 2. The first-order valence-corrected chi connectivity index (χ1v) is 8.21. The summed E-state index contributed by atoms with van der Waals surface area (Å²) in [5, 5.41) is 15.0. The number of nitriles is 1. The van der Waals surface area contributed by atoms with E-state index in [9.17, 15) is 10.1 Å². The molecule has 0 bridgehead atoms. The molecule has 0 fully saturated rings. The Morgan fingerprint density at radius 1 is 1.12 bits per heavy atom. The van der Waals surface area contributed by atoms with Gasteiger partial charge in [0.05, 0.1) is 0 Å². The summed E-state index contributed by atoms with van der Waals surface area (Å²) in [6.45, 7) is 6.01. The molecule has 0 aromatic heterocycles. The first kappa shape index (κ1) is 17.8. The van der Waals surface area contributed by atoms with Gasteiger partial charge in [-0.05, 0) is 56.2 Å². The molecule has 0 saturated carbocycles. The number of amides is 1. The summed E-state index contributed by atoms with van der Waals surface area (Å²) >= 11 is 3.34. The van der Waals surface area contributed by atoms with E-state index in [0.29, 0.717) is 5.69 Å². The molecule has 0 spiro atoms. The fourth-order valence-electron chi connectivity index (χ4n) is 2.43. The third kappa shape index (κ3) is 4.46.